The van der Waals surface area contributed by atoms with E-state index in [0.29, 0.717) is 75.6 Å². The average molecular weight is 1040 g/mol. The minimum Gasteiger partial charge on any atom is -0.494 e. The van der Waals surface area contributed by atoms with Gasteiger partial charge in [-0.1, -0.05) is 36.4 Å². The number of benzene rings is 2. The van der Waals surface area contributed by atoms with E-state index in [0.717, 1.165) is 63.6 Å². The smallest absolute Gasteiger partial charge is 0.377 e. The van der Waals surface area contributed by atoms with Crippen LogP contribution in [0.25, 0.3) is 33.4 Å². The Labute approximate surface area is 442 Å². The first-order valence-corrected chi connectivity index (χ1v) is 25.4. The van der Waals surface area contributed by atoms with Crippen LogP contribution in [0.3, 0.4) is 0 Å². The number of Topliss-reactive ketones (excluding diaryl/α,β-unsaturated/α-hetero) is 2. The zero-order valence-corrected chi connectivity index (χ0v) is 43.1. The number of carbonyl (C=O) groups is 4. The number of carbonyl (C=O) groups excluding carboxylic acids is 3. The second-order valence-electron chi connectivity index (χ2n) is 18.7. The second kappa shape index (κ2) is 22.8. The molecule has 396 valence electrons. The van der Waals surface area contributed by atoms with Gasteiger partial charge in [-0.3, -0.25) is 24.4 Å². The van der Waals surface area contributed by atoms with Crippen molar-refractivity contribution in [1.29, 1.82) is 0 Å². The van der Waals surface area contributed by atoms with E-state index in [-0.39, 0.29) is 17.0 Å². The number of piperidine rings is 2. The molecule has 2 saturated heterocycles. The van der Waals surface area contributed by atoms with Crippen LogP contribution in [-0.4, -0.2) is 161 Å². The Morgan fingerprint density at radius 2 is 1.05 bits per heavy atom. The monoisotopic (exact) mass is 1040 g/mol. The molecular weight excluding hydrogens is 985 g/mol. The summed E-state index contributed by atoms with van der Waals surface area (Å²) in [6, 6.07) is 20.9. The Morgan fingerprint density at radius 3 is 1.48 bits per heavy atom. The molecule has 6 aromatic heterocycles. The number of nitrogens with one attached hydrogen (secondary N) is 3. The van der Waals surface area contributed by atoms with Crippen molar-refractivity contribution in [2.45, 2.75) is 39.5 Å². The van der Waals surface area contributed by atoms with Crippen molar-refractivity contribution in [2.24, 2.45) is 21.8 Å². The molecule has 1 amide bonds. The van der Waals surface area contributed by atoms with E-state index >= 15 is 0 Å². The van der Waals surface area contributed by atoms with E-state index in [1.54, 1.807) is 31.3 Å². The molecule has 2 fully saturated rings. The van der Waals surface area contributed by atoms with Crippen LogP contribution in [0.2, 0.25) is 0 Å². The van der Waals surface area contributed by atoms with E-state index in [1.165, 1.54) is 72.9 Å². The number of carboxylic acid groups (broad SMARTS) is 1. The summed E-state index contributed by atoms with van der Waals surface area (Å²) in [6.45, 7) is 10.4. The zero-order valence-electron chi connectivity index (χ0n) is 43.1. The Hall–Kier alpha value is -9.12. The number of H-pyrrole nitrogens is 2. The number of aromatic amines is 2. The van der Waals surface area contributed by atoms with Crippen LogP contribution >= 0.6 is 0 Å². The van der Waals surface area contributed by atoms with Gasteiger partial charge < -0.3 is 44.6 Å². The number of aromatic nitrogens is 10. The molecule has 0 atom stereocenters. The molecule has 4 aliphatic heterocycles. The number of likely N-dealkylation sites (tertiary alicyclic amines) is 1. The lowest BCUT2D eigenvalue weighted by molar-refractivity contribution is -0.131. The molecule has 4 aliphatic rings. The van der Waals surface area contributed by atoms with Crippen molar-refractivity contribution in [2.75, 3.05) is 76.4 Å². The SMILES string of the molecule is COc1cnc(-n2cnc(C)n2)c2[nH]cc(C(=O)C(=O)N3CCC(C4=NCCN4c4ccccc4)CC3)c12.COc1cnc(-n2cnc(C)n2)c2[nH]cc(C(=O)C(=O)O)c12.c1ccc(N2CCN=C2C2CCNCC2)cc1. The van der Waals surface area contributed by atoms with E-state index in [2.05, 4.69) is 97.7 Å². The zero-order chi connectivity index (χ0) is 53.6. The number of nitrogens with zero attached hydrogens (tertiary/aromatic N) is 13. The van der Waals surface area contributed by atoms with Crippen molar-refractivity contribution < 1.29 is 33.8 Å². The normalized spacial score (nSPS) is 15.9. The first kappa shape index (κ1) is 51.4. The maximum atomic E-state index is 13.5. The predicted octanol–water partition coefficient (Wildman–Crippen LogP) is 5.43. The molecule has 0 radical (unpaired) electrons. The molecular formula is C54H58N16O7. The third-order valence-corrected chi connectivity index (χ3v) is 14.0. The van der Waals surface area contributed by atoms with Crippen LogP contribution in [0.1, 0.15) is 58.0 Å². The number of methoxy groups -OCH3 is 2. The molecule has 2 aromatic carbocycles. The molecule has 0 spiro atoms. The number of para-hydroxylation sites is 2. The van der Waals surface area contributed by atoms with E-state index in [9.17, 15) is 19.2 Å². The molecule has 23 nitrogen and oxygen atoms in total. The van der Waals surface area contributed by atoms with Gasteiger partial charge in [0.25, 0.3) is 17.5 Å². The third-order valence-electron chi connectivity index (χ3n) is 14.0. The fraction of sp³-hybridized carbons (Fsp3) is 0.333. The largest absolute Gasteiger partial charge is 0.494 e. The maximum absolute atomic E-state index is 13.5. The predicted molar refractivity (Wildman–Crippen MR) is 288 cm³/mol. The quantitative estimate of drug-likeness (QED) is 0.0877. The summed E-state index contributed by atoms with van der Waals surface area (Å²) in [5.41, 5.74) is 3.67. The van der Waals surface area contributed by atoms with Gasteiger partial charge in [-0.25, -0.2) is 34.1 Å². The minimum atomic E-state index is -1.54. The Morgan fingerprint density at radius 1 is 0.597 bits per heavy atom. The van der Waals surface area contributed by atoms with Crippen molar-refractivity contribution in [3.8, 4) is 23.1 Å². The highest BCUT2D eigenvalue weighted by atomic mass is 16.5. The topological polar surface area (TPSA) is 272 Å². The summed E-state index contributed by atoms with van der Waals surface area (Å²) < 4.78 is 13.6. The van der Waals surface area contributed by atoms with Gasteiger partial charge in [-0.15, -0.1) is 0 Å². The number of anilines is 2. The second-order valence-corrected chi connectivity index (χ2v) is 18.7. The van der Waals surface area contributed by atoms with Gasteiger partial charge in [0, 0.05) is 61.8 Å². The number of pyridine rings is 2. The van der Waals surface area contributed by atoms with Gasteiger partial charge in [-0.2, -0.15) is 10.2 Å². The maximum Gasteiger partial charge on any atom is 0.377 e. The summed E-state index contributed by atoms with van der Waals surface area (Å²) in [5, 5.41) is 21.7. The van der Waals surface area contributed by atoms with Gasteiger partial charge in [0.2, 0.25) is 0 Å². The van der Waals surface area contributed by atoms with Crippen LogP contribution in [0.4, 0.5) is 11.4 Å². The van der Waals surface area contributed by atoms with E-state index in [1.807, 2.05) is 18.2 Å². The number of aliphatic carboxylic acids is 1. The molecule has 23 heteroatoms. The van der Waals surface area contributed by atoms with Crippen molar-refractivity contribution in [1.82, 2.24) is 59.7 Å². The lowest BCUT2D eigenvalue weighted by Crippen LogP contribution is -2.45. The number of ether oxygens (including phenoxy) is 2. The fourth-order valence-electron chi connectivity index (χ4n) is 10.3. The number of aryl methyl sites for hydroxylation is 2. The average Bonchev–Trinajstić information content (AvgIpc) is 4.38. The molecule has 0 unspecified atom stereocenters. The number of aliphatic imine (C=N–C) groups is 2. The summed E-state index contributed by atoms with van der Waals surface area (Å²) in [7, 11) is 2.92. The van der Waals surface area contributed by atoms with Crippen molar-refractivity contribution >= 4 is 68.3 Å². The number of ketones is 2. The molecule has 4 N–H and O–H groups in total. The van der Waals surface area contributed by atoms with Gasteiger partial charge in [0.1, 0.15) is 47.5 Å². The highest BCUT2D eigenvalue weighted by Crippen LogP contribution is 2.34. The lowest BCUT2D eigenvalue weighted by atomic mass is 9.94. The molecule has 0 bridgehead atoms. The van der Waals surface area contributed by atoms with Gasteiger partial charge in [0.15, 0.2) is 11.6 Å². The molecule has 12 rings (SSSR count). The molecule has 77 heavy (non-hydrogen) atoms. The van der Waals surface area contributed by atoms with Gasteiger partial charge in [0.05, 0.1) is 72.6 Å². The lowest BCUT2D eigenvalue weighted by Gasteiger charge is -2.34. The summed E-state index contributed by atoms with van der Waals surface area (Å²) >= 11 is 0. The standard InChI is InChI=1S/C27H28N8O3.C14H19N3.C13H11N5O4/c1-17-31-16-35(32-17)26-23-22(21(38-2)15-30-26)20(14-29-23)24(36)27(37)33-11-8-18(9-12-33)25-28-10-13-34(25)19-6-4-3-5-7-19;1-2-4-13(5-3-1)17-11-10-16-14(17)12-6-8-15-9-7-12;1-6-16-5-18(17-6)12-10-9(8(22-2)4-15-12)7(3-14-10)11(19)13(20)21/h3-7,14-16,18,29H,8-13H2,1-2H3;1-5,12,15H,6-11H2;3-5,14H,1-2H3,(H,20,21). The Bertz CT molecular complexity index is 3500. The Balaban J connectivity index is 0.000000145. The number of amidine groups is 2. The van der Waals surface area contributed by atoms with Gasteiger partial charge >= 0.3 is 5.97 Å². The first-order chi connectivity index (χ1) is 37.5. The summed E-state index contributed by atoms with van der Waals surface area (Å²) in [6.07, 6.45) is 12.8. The number of rotatable bonds is 12. The van der Waals surface area contributed by atoms with Crippen LogP contribution in [0, 0.1) is 25.7 Å². The van der Waals surface area contributed by atoms with Crippen LogP contribution < -0.4 is 24.6 Å². The summed E-state index contributed by atoms with van der Waals surface area (Å²) in [4.78, 5) is 88.2. The minimum absolute atomic E-state index is 0.000151. The summed E-state index contributed by atoms with van der Waals surface area (Å²) in [5.74, 6) is 2.33. The molecule has 0 aliphatic carbocycles. The van der Waals surface area contributed by atoms with Gasteiger partial charge in [-0.05, 0) is 76.9 Å². The van der Waals surface area contributed by atoms with Crippen LogP contribution in [0.15, 0.2) is 108 Å². The highest BCUT2D eigenvalue weighted by molar-refractivity contribution is 6.45. The fourth-order valence-corrected chi connectivity index (χ4v) is 10.3. The molecule has 0 saturated carbocycles. The third kappa shape index (κ3) is 10.6. The molecule has 8 aromatic rings. The molecule has 10 heterocycles. The number of carboxylic acids is 1. The van der Waals surface area contributed by atoms with Crippen molar-refractivity contribution in [3.05, 3.63) is 121 Å². The number of hydrogen-bond donors (Lipinski definition) is 4. The Kier molecular flexibility index (Phi) is 15.2. The number of hydrogen-bond acceptors (Lipinski definition) is 17. The van der Waals surface area contributed by atoms with E-state index in [4.69, 9.17) is 24.6 Å². The van der Waals surface area contributed by atoms with Crippen LogP contribution in [0.5, 0.6) is 11.5 Å². The van der Waals surface area contributed by atoms with Crippen LogP contribution in [-0.2, 0) is 9.59 Å². The van der Waals surface area contributed by atoms with E-state index < -0.39 is 23.4 Å². The van der Waals surface area contributed by atoms with Crippen molar-refractivity contribution in [3.63, 3.8) is 0 Å². The highest BCUT2D eigenvalue weighted by Gasteiger charge is 2.35. The number of amides is 1. The first-order valence-electron chi connectivity index (χ1n) is 25.4. The number of fused-ring (bicyclic) bond motifs is 2.